The molecule has 0 spiro atoms. The molecule has 6 heteroatoms. The van der Waals surface area contributed by atoms with Gasteiger partial charge in [-0.05, 0) is 49.5 Å². The number of aromatic nitrogens is 2. The number of carbonyl (C=O) groups excluding carboxylic acids is 1. The highest BCUT2D eigenvalue weighted by molar-refractivity contribution is 5.92. The molecule has 0 radical (unpaired) electrons. The maximum atomic E-state index is 12.2. The van der Waals surface area contributed by atoms with Crippen LogP contribution in [-0.2, 0) is 4.79 Å². The lowest BCUT2D eigenvalue weighted by molar-refractivity contribution is -0.117. The van der Waals surface area contributed by atoms with Crippen molar-refractivity contribution in [2.75, 3.05) is 24.3 Å². The van der Waals surface area contributed by atoms with E-state index in [0.717, 1.165) is 48.0 Å². The molecule has 6 nitrogen and oxygen atoms in total. The van der Waals surface area contributed by atoms with E-state index in [1.165, 1.54) is 0 Å². The van der Waals surface area contributed by atoms with Gasteiger partial charge in [0.05, 0.1) is 5.52 Å². The number of para-hydroxylation sites is 1. The minimum atomic E-state index is -0.0336. The van der Waals surface area contributed by atoms with Gasteiger partial charge in [-0.3, -0.25) is 4.79 Å². The Bertz CT molecular complexity index is 1060. The van der Waals surface area contributed by atoms with E-state index < -0.39 is 0 Å². The van der Waals surface area contributed by atoms with Crippen LogP contribution in [0, 0.1) is 0 Å². The number of hydrogen-bond donors (Lipinski definition) is 2. The average Bonchev–Trinajstić information content (AvgIpc) is 2.79. The Kier molecular flexibility index (Phi) is 6.46. The third-order valence-corrected chi connectivity index (χ3v) is 5.64. The van der Waals surface area contributed by atoms with Gasteiger partial charge in [0.25, 0.3) is 0 Å². The minimum Gasteiger partial charge on any atom is -0.362 e. The molecule has 1 saturated carbocycles. The first-order chi connectivity index (χ1) is 15.1. The number of rotatable bonds is 6. The van der Waals surface area contributed by atoms with Gasteiger partial charge in [-0.15, -0.1) is 0 Å². The van der Waals surface area contributed by atoms with Crippen LogP contribution in [0.25, 0.3) is 17.0 Å². The Morgan fingerprint density at radius 3 is 2.35 bits per heavy atom. The van der Waals surface area contributed by atoms with Gasteiger partial charge in [0.15, 0.2) is 0 Å². The largest absolute Gasteiger partial charge is 0.362 e. The van der Waals surface area contributed by atoms with Crippen molar-refractivity contribution in [2.45, 2.75) is 37.8 Å². The summed E-state index contributed by atoms with van der Waals surface area (Å²) in [6.07, 6.45) is 7.29. The van der Waals surface area contributed by atoms with Crippen molar-refractivity contribution in [1.82, 2.24) is 15.3 Å². The Morgan fingerprint density at radius 1 is 0.935 bits per heavy atom. The maximum absolute atomic E-state index is 12.2. The normalized spacial score (nSPS) is 18.8. The van der Waals surface area contributed by atoms with E-state index in [-0.39, 0.29) is 11.9 Å². The first-order valence-corrected chi connectivity index (χ1v) is 10.8. The fraction of sp³-hybridized carbons (Fsp3) is 0.320. The molecule has 1 heterocycles. The van der Waals surface area contributed by atoms with E-state index in [2.05, 4.69) is 16.7 Å². The van der Waals surface area contributed by atoms with Gasteiger partial charge in [-0.1, -0.05) is 42.5 Å². The zero-order valence-corrected chi connectivity index (χ0v) is 18.1. The number of nitrogens with zero attached hydrogens (tertiary/aromatic N) is 3. The van der Waals surface area contributed by atoms with Crippen LogP contribution in [0.5, 0.6) is 0 Å². The molecule has 160 valence electrons. The number of benzene rings is 2. The Labute approximate surface area is 183 Å². The summed E-state index contributed by atoms with van der Waals surface area (Å²) >= 11 is 0. The van der Waals surface area contributed by atoms with Crippen LogP contribution in [0.3, 0.4) is 0 Å². The number of fused-ring (bicyclic) bond motifs is 1. The third kappa shape index (κ3) is 5.40. The van der Waals surface area contributed by atoms with Gasteiger partial charge >= 0.3 is 0 Å². The predicted octanol–water partition coefficient (Wildman–Crippen LogP) is 4.25. The van der Waals surface area contributed by atoms with Crippen molar-refractivity contribution in [3.63, 3.8) is 0 Å². The molecule has 31 heavy (non-hydrogen) atoms. The smallest absolute Gasteiger partial charge is 0.244 e. The fourth-order valence-electron chi connectivity index (χ4n) is 4.02. The molecule has 0 bridgehead atoms. The molecule has 1 aromatic heterocycles. The molecule has 4 rings (SSSR count). The lowest BCUT2D eigenvalue weighted by Crippen LogP contribution is -2.39. The van der Waals surface area contributed by atoms with E-state index in [9.17, 15) is 4.79 Å². The molecule has 3 aromatic rings. The van der Waals surface area contributed by atoms with Crippen LogP contribution in [0.1, 0.15) is 31.2 Å². The van der Waals surface area contributed by atoms with Gasteiger partial charge in [-0.2, -0.15) is 4.98 Å². The molecule has 0 aliphatic heterocycles. The Hall–Kier alpha value is -3.41. The summed E-state index contributed by atoms with van der Waals surface area (Å²) in [4.78, 5) is 23.7. The van der Waals surface area contributed by atoms with Crippen LogP contribution < -0.4 is 15.5 Å². The second-order valence-corrected chi connectivity index (χ2v) is 8.23. The van der Waals surface area contributed by atoms with E-state index in [1.807, 2.05) is 73.6 Å². The second kappa shape index (κ2) is 9.60. The lowest BCUT2D eigenvalue weighted by atomic mass is 9.91. The number of anilines is 2. The monoisotopic (exact) mass is 415 g/mol. The van der Waals surface area contributed by atoms with Crippen molar-refractivity contribution in [1.29, 1.82) is 0 Å². The quantitative estimate of drug-likeness (QED) is 0.589. The highest BCUT2D eigenvalue weighted by Gasteiger charge is 2.23. The highest BCUT2D eigenvalue weighted by atomic mass is 16.1. The minimum absolute atomic E-state index is 0.0336. The zero-order chi connectivity index (χ0) is 21.6. The van der Waals surface area contributed by atoms with Gasteiger partial charge in [-0.25, -0.2) is 4.98 Å². The van der Waals surface area contributed by atoms with E-state index >= 15 is 0 Å². The van der Waals surface area contributed by atoms with Gasteiger partial charge < -0.3 is 15.5 Å². The highest BCUT2D eigenvalue weighted by Crippen LogP contribution is 2.26. The molecule has 1 amide bonds. The van der Waals surface area contributed by atoms with Crippen LogP contribution in [-0.4, -0.2) is 42.1 Å². The molecule has 0 atom stereocenters. The Morgan fingerprint density at radius 2 is 1.61 bits per heavy atom. The van der Waals surface area contributed by atoms with Crippen LogP contribution in [0.4, 0.5) is 11.8 Å². The molecule has 1 aliphatic carbocycles. The van der Waals surface area contributed by atoms with E-state index in [4.69, 9.17) is 9.97 Å². The van der Waals surface area contributed by atoms with Crippen LogP contribution >= 0.6 is 0 Å². The molecular weight excluding hydrogens is 386 g/mol. The predicted molar refractivity (Wildman–Crippen MR) is 127 cm³/mol. The Balaban J connectivity index is 1.32. The summed E-state index contributed by atoms with van der Waals surface area (Å²) in [5.74, 6) is 1.55. The van der Waals surface area contributed by atoms with Crippen molar-refractivity contribution >= 4 is 34.7 Å². The van der Waals surface area contributed by atoms with E-state index in [0.29, 0.717) is 12.0 Å². The zero-order valence-electron chi connectivity index (χ0n) is 18.1. The molecule has 2 aromatic carbocycles. The standard InChI is InChI=1S/C25H29N5O/c1-30(2)24-21-10-6-7-11-22(21)28-25(29-24)27-20-15-13-19(14-16-20)26-23(31)17-12-18-8-4-3-5-9-18/h3-12,17,19-20H,13-16H2,1-2H3,(H,26,31)(H,27,28,29). The summed E-state index contributed by atoms with van der Waals surface area (Å²) in [6.45, 7) is 0. The molecule has 1 aliphatic rings. The van der Waals surface area contributed by atoms with Crippen molar-refractivity contribution < 1.29 is 4.79 Å². The second-order valence-electron chi connectivity index (χ2n) is 8.23. The fourth-order valence-corrected chi connectivity index (χ4v) is 4.02. The molecule has 0 unspecified atom stereocenters. The topological polar surface area (TPSA) is 70.2 Å². The average molecular weight is 416 g/mol. The van der Waals surface area contributed by atoms with Crippen molar-refractivity contribution in [2.24, 2.45) is 0 Å². The summed E-state index contributed by atoms with van der Waals surface area (Å²) < 4.78 is 0. The first-order valence-electron chi connectivity index (χ1n) is 10.8. The molecular formula is C25H29N5O. The molecule has 0 saturated heterocycles. The summed E-state index contributed by atoms with van der Waals surface area (Å²) in [5, 5.41) is 7.69. The van der Waals surface area contributed by atoms with E-state index in [1.54, 1.807) is 6.08 Å². The number of nitrogens with one attached hydrogen (secondary N) is 2. The number of hydrogen-bond acceptors (Lipinski definition) is 5. The SMILES string of the molecule is CN(C)c1nc(NC2CCC(NC(=O)C=Cc3ccccc3)CC2)nc2ccccc12. The third-order valence-electron chi connectivity index (χ3n) is 5.64. The van der Waals surface area contributed by atoms with Crippen molar-refractivity contribution in [3.05, 3.63) is 66.2 Å². The summed E-state index contributed by atoms with van der Waals surface area (Å²) in [5.41, 5.74) is 1.97. The van der Waals surface area contributed by atoms with Crippen molar-refractivity contribution in [3.8, 4) is 0 Å². The first kappa shape index (κ1) is 20.8. The number of amides is 1. The molecule has 1 fully saturated rings. The molecule has 2 N–H and O–H groups in total. The summed E-state index contributed by atoms with van der Waals surface area (Å²) in [6, 6.07) is 18.5. The van der Waals surface area contributed by atoms with Crippen LogP contribution in [0.15, 0.2) is 60.7 Å². The van der Waals surface area contributed by atoms with Crippen LogP contribution in [0.2, 0.25) is 0 Å². The van der Waals surface area contributed by atoms with Gasteiger partial charge in [0.1, 0.15) is 5.82 Å². The number of carbonyl (C=O) groups is 1. The van der Waals surface area contributed by atoms with Gasteiger partial charge in [0, 0.05) is 37.6 Å². The van der Waals surface area contributed by atoms with Gasteiger partial charge in [0.2, 0.25) is 11.9 Å². The summed E-state index contributed by atoms with van der Waals surface area (Å²) in [7, 11) is 4.00. The lowest BCUT2D eigenvalue weighted by Gasteiger charge is -2.29. The maximum Gasteiger partial charge on any atom is 0.244 e.